The smallest absolute Gasteiger partial charge is 0.334 e. The summed E-state index contributed by atoms with van der Waals surface area (Å²) in [5, 5.41) is 7.12. The molecule has 2 saturated heterocycles. The van der Waals surface area contributed by atoms with E-state index in [0.717, 1.165) is 22.3 Å². The van der Waals surface area contributed by atoms with Gasteiger partial charge in [-0.1, -0.05) is 115 Å². The first-order valence-electron chi connectivity index (χ1n) is 15.8. The van der Waals surface area contributed by atoms with Crippen LogP contribution in [0.25, 0.3) is 0 Å². The van der Waals surface area contributed by atoms with Crippen molar-refractivity contribution in [1.29, 1.82) is 0 Å². The molecule has 4 aromatic carbocycles. The van der Waals surface area contributed by atoms with Gasteiger partial charge in [-0.3, -0.25) is 9.59 Å². The van der Waals surface area contributed by atoms with Crippen LogP contribution in [-0.4, -0.2) is 76.1 Å². The summed E-state index contributed by atoms with van der Waals surface area (Å²) in [5.74, 6) is -0.421. The van der Waals surface area contributed by atoms with E-state index in [0.29, 0.717) is 37.7 Å². The molecule has 4 aromatic rings. The molecule has 0 aromatic heterocycles. The maximum atomic E-state index is 14.1. The third kappa shape index (κ3) is 8.00. The van der Waals surface area contributed by atoms with Crippen LogP contribution in [0.1, 0.15) is 22.3 Å². The Kier molecular flexibility index (Phi) is 10.5. The number of hydrogen-bond donors (Lipinski definition) is 1. The Labute approximate surface area is 280 Å². The van der Waals surface area contributed by atoms with E-state index < -0.39 is 12.2 Å². The predicted octanol–water partition coefficient (Wildman–Crippen LogP) is 5.11. The molecule has 47 heavy (non-hydrogen) atoms. The molecule has 0 bridgehead atoms. The summed E-state index contributed by atoms with van der Waals surface area (Å²) >= 11 is 6.10. The van der Waals surface area contributed by atoms with Gasteiger partial charge in [0.25, 0.3) is 0 Å². The molecular weight excluding hydrogens is 614 g/mol. The van der Waals surface area contributed by atoms with Crippen molar-refractivity contribution in [3.8, 4) is 0 Å². The highest BCUT2D eigenvalue weighted by molar-refractivity contribution is 6.30. The van der Waals surface area contributed by atoms with Crippen molar-refractivity contribution in [3.63, 3.8) is 0 Å². The number of carbonyl (C=O) groups excluding carboxylic acids is 3. The van der Waals surface area contributed by atoms with Gasteiger partial charge in [0.1, 0.15) is 12.2 Å². The lowest BCUT2D eigenvalue weighted by atomic mass is 10.1. The number of rotatable bonds is 11. The van der Waals surface area contributed by atoms with E-state index in [-0.39, 0.29) is 37.5 Å². The fourth-order valence-electron chi connectivity index (χ4n) is 6.13. The van der Waals surface area contributed by atoms with Gasteiger partial charge in [0.05, 0.1) is 26.3 Å². The average molecular weight is 652 g/mol. The van der Waals surface area contributed by atoms with Crippen molar-refractivity contribution in [2.24, 2.45) is 0 Å². The van der Waals surface area contributed by atoms with E-state index in [4.69, 9.17) is 16.3 Å². The van der Waals surface area contributed by atoms with Crippen molar-refractivity contribution in [2.75, 3.05) is 26.2 Å². The lowest BCUT2D eigenvalue weighted by molar-refractivity contribution is -0.195. The van der Waals surface area contributed by atoms with E-state index in [1.165, 1.54) is 0 Å². The van der Waals surface area contributed by atoms with Crippen molar-refractivity contribution >= 4 is 29.4 Å². The van der Waals surface area contributed by atoms with Crippen LogP contribution in [0, 0.1) is 0 Å². The van der Waals surface area contributed by atoms with E-state index in [1.54, 1.807) is 19.8 Å². The van der Waals surface area contributed by atoms with Crippen LogP contribution in [0.5, 0.6) is 0 Å². The van der Waals surface area contributed by atoms with Gasteiger partial charge in [0, 0.05) is 24.7 Å². The summed E-state index contributed by atoms with van der Waals surface area (Å²) in [7, 11) is 0. The number of nitrogens with one attached hydrogen (secondary N) is 1. The maximum absolute atomic E-state index is 14.1. The quantitative estimate of drug-likeness (QED) is 0.244. The molecular formula is C37H38ClN5O4. The summed E-state index contributed by atoms with van der Waals surface area (Å²) in [5.41, 5.74) is 3.91. The number of hydrogen-bond acceptors (Lipinski definition) is 5. The van der Waals surface area contributed by atoms with Crippen LogP contribution < -0.4 is 5.32 Å². The van der Waals surface area contributed by atoms with Crippen LogP contribution in [0.3, 0.4) is 0 Å². The number of ether oxygens (including phenoxy) is 1. The molecule has 0 saturated carbocycles. The monoisotopic (exact) mass is 651 g/mol. The van der Waals surface area contributed by atoms with E-state index in [9.17, 15) is 14.4 Å². The molecule has 0 unspecified atom stereocenters. The molecule has 2 aliphatic heterocycles. The molecule has 10 heteroatoms. The number of carbonyl (C=O) groups is 3. The first kappa shape index (κ1) is 32.2. The van der Waals surface area contributed by atoms with Gasteiger partial charge < -0.3 is 19.9 Å². The molecule has 6 rings (SSSR count). The molecule has 2 heterocycles. The zero-order valence-corrected chi connectivity index (χ0v) is 26.8. The van der Waals surface area contributed by atoms with Crippen molar-refractivity contribution in [3.05, 3.63) is 143 Å². The SMILES string of the molecule is O=C1[C@H](COCc2ccccc2)N2C(=O)CN(Cc3ccccc3)N(C(=O)NCc3ccccc3)[C@H]2CN1CCc1ccc(Cl)cc1. The molecule has 9 nitrogen and oxygen atoms in total. The first-order chi connectivity index (χ1) is 23.0. The summed E-state index contributed by atoms with van der Waals surface area (Å²) in [6.07, 6.45) is -0.140. The number of nitrogens with zero attached hydrogens (tertiary/aromatic N) is 4. The maximum Gasteiger partial charge on any atom is 0.334 e. The van der Waals surface area contributed by atoms with Crippen LogP contribution in [0.15, 0.2) is 115 Å². The number of amides is 4. The second kappa shape index (κ2) is 15.3. The molecule has 2 fully saturated rings. The third-order valence-electron chi connectivity index (χ3n) is 8.50. The van der Waals surface area contributed by atoms with Crippen molar-refractivity contribution < 1.29 is 19.1 Å². The summed E-state index contributed by atoms with van der Waals surface area (Å²) in [6, 6.07) is 35.4. The Morgan fingerprint density at radius 3 is 2.06 bits per heavy atom. The van der Waals surface area contributed by atoms with Gasteiger partial charge >= 0.3 is 6.03 Å². The van der Waals surface area contributed by atoms with Crippen LogP contribution in [0.4, 0.5) is 4.79 Å². The fourth-order valence-corrected chi connectivity index (χ4v) is 6.25. The number of hydrazine groups is 1. The number of urea groups is 1. The van der Waals surface area contributed by atoms with Gasteiger partial charge in [-0.15, -0.1) is 0 Å². The van der Waals surface area contributed by atoms with Gasteiger partial charge in [0.15, 0.2) is 0 Å². The minimum atomic E-state index is -0.890. The van der Waals surface area contributed by atoms with E-state index in [1.807, 2.05) is 115 Å². The van der Waals surface area contributed by atoms with Gasteiger partial charge in [-0.2, -0.15) is 0 Å². The predicted molar refractivity (Wildman–Crippen MR) is 180 cm³/mol. The minimum absolute atomic E-state index is 0.00553. The minimum Gasteiger partial charge on any atom is -0.374 e. The average Bonchev–Trinajstić information content (AvgIpc) is 3.09. The Balaban J connectivity index is 1.29. The Hall–Kier alpha value is -4.70. The molecule has 0 aliphatic carbocycles. The Morgan fingerprint density at radius 2 is 1.40 bits per heavy atom. The van der Waals surface area contributed by atoms with Crippen LogP contribution in [-0.2, 0) is 40.4 Å². The lowest BCUT2D eigenvalue weighted by Gasteiger charge is -2.55. The van der Waals surface area contributed by atoms with Gasteiger partial charge in [-0.25, -0.2) is 14.8 Å². The number of benzene rings is 4. The normalized spacial score (nSPS) is 18.3. The molecule has 2 aliphatic rings. The molecule has 1 N–H and O–H groups in total. The van der Waals surface area contributed by atoms with Crippen LogP contribution >= 0.6 is 11.6 Å². The molecule has 0 radical (unpaired) electrons. The number of piperazine rings is 1. The largest absolute Gasteiger partial charge is 0.374 e. The van der Waals surface area contributed by atoms with E-state index in [2.05, 4.69) is 5.32 Å². The Morgan fingerprint density at radius 1 is 0.787 bits per heavy atom. The highest BCUT2D eigenvalue weighted by Crippen LogP contribution is 2.28. The summed E-state index contributed by atoms with van der Waals surface area (Å²) < 4.78 is 6.09. The second-order valence-electron chi connectivity index (χ2n) is 11.8. The molecule has 0 spiro atoms. The standard InChI is InChI=1S/C37H38ClN5O4/c38-32-18-16-28(17-19-32)20-21-40-24-34-42(33(36(40)45)27-47-26-31-14-8-3-9-15-31)35(44)25-41(23-30-12-6-2-7-13-30)43(34)37(46)39-22-29-10-4-1-5-11-29/h1-19,33-34H,20-27H2,(H,39,46)/t33-,34-/m0/s1. The zero-order chi connectivity index (χ0) is 32.6. The second-order valence-corrected chi connectivity index (χ2v) is 12.2. The van der Waals surface area contributed by atoms with Gasteiger partial charge in [0.2, 0.25) is 11.8 Å². The summed E-state index contributed by atoms with van der Waals surface area (Å²) in [4.78, 5) is 45.5. The molecule has 4 amide bonds. The van der Waals surface area contributed by atoms with Crippen molar-refractivity contribution in [2.45, 2.75) is 38.3 Å². The molecule has 242 valence electrons. The first-order valence-corrected chi connectivity index (χ1v) is 16.2. The van der Waals surface area contributed by atoms with Crippen LogP contribution in [0.2, 0.25) is 5.02 Å². The highest BCUT2D eigenvalue weighted by Gasteiger charge is 2.51. The third-order valence-corrected chi connectivity index (χ3v) is 8.76. The highest BCUT2D eigenvalue weighted by atomic mass is 35.5. The Bertz CT molecular complexity index is 1640. The molecule has 2 atom stereocenters. The zero-order valence-electron chi connectivity index (χ0n) is 26.1. The summed E-state index contributed by atoms with van der Waals surface area (Å²) in [6.45, 7) is 1.48. The van der Waals surface area contributed by atoms with Gasteiger partial charge in [-0.05, 0) is 40.8 Å². The number of halogens is 1. The van der Waals surface area contributed by atoms with E-state index >= 15 is 0 Å². The van der Waals surface area contributed by atoms with Crippen molar-refractivity contribution in [1.82, 2.24) is 25.1 Å². The fraction of sp³-hybridized carbons (Fsp3) is 0.270. The topological polar surface area (TPSA) is 85.4 Å². The number of fused-ring (bicyclic) bond motifs is 1. The lowest BCUT2D eigenvalue weighted by Crippen LogP contribution is -2.77.